The van der Waals surface area contributed by atoms with Crippen LogP contribution in [-0.4, -0.2) is 13.7 Å². The molecule has 1 unspecified atom stereocenters. The third-order valence-electron chi connectivity index (χ3n) is 3.47. The molecule has 1 saturated carbocycles. The lowest BCUT2D eigenvalue weighted by Gasteiger charge is -2.12. The van der Waals surface area contributed by atoms with E-state index < -0.39 is 0 Å². The fourth-order valence-corrected chi connectivity index (χ4v) is 2.06. The first-order valence-electron chi connectivity index (χ1n) is 6.24. The van der Waals surface area contributed by atoms with Gasteiger partial charge >= 0.3 is 0 Å². The molecule has 0 aromatic heterocycles. The second-order valence-electron chi connectivity index (χ2n) is 4.90. The Labute approximate surface area is 102 Å². The molecule has 0 aliphatic heterocycles. The van der Waals surface area contributed by atoms with Gasteiger partial charge in [0.25, 0.3) is 0 Å². The molecule has 2 nitrogen and oxygen atoms in total. The molecule has 1 aromatic carbocycles. The first-order valence-corrected chi connectivity index (χ1v) is 6.24. The van der Waals surface area contributed by atoms with Gasteiger partial charge in [0, 0.05) is 18.2 Å². The van der Waals surface area contributed by atoms with Crippen molar-refractivity contribution in [3.05, 3.63) is 29.6 Å². The van der Waals surface area contributed by atoms with Crippen LogP contribution in [0.4, 0.5) is 4.39 Å². The second-order valence-corrected chi connectivity index (χ2v) is 4.90. The van der Waals surface area contributed by atoms with Crippen molar-refractivity contribution in [2.75, 3.05) is 13.7 Å². The molecule has 0 heterocycles. The molecule has 94 valence electrons. The van der Waals surface area contributed by atoms with Crippen LogP contribution in [-0.2, 0) is 6.54 Å². The van der Waals surface area contributed by atoms with Gasteiger partial charge in [-0.05, 0) is 37.3 Å². The summed E-state index contributed by atoms with van der Waals surface area (Å²) in [6.45, 7) is 3.82. The third kappa shape index (κ3) is 3.43. The first kappa shape index (κ1) is 12.4. The van der Waals surface area contributed by atoms with Crippen LogP contribution in [0.2, 0.25) is 0 Å². The fraction of sp³-hybridized carbons (Fsp3) is 0.571. The topological polar surface area (TPSA) is 21.3 Å². The van der Waals surface area contributed by atoms with Crippen LogP contribution in [0.5, 0.6) is 5.75 Å². The third-order valence-corrected chi connectivity index (χ3v) is 3.47. The molecule has 0 amide bonds. The molecule has 2 rings (SSSR count). The minimum Gasteiger partial charge on any atom is -0.497 e. The number of benzene rings is 1. The number of methoxy groups -OCH3 is 1. The quantitative estimate of drug-likeness (QED) is 0.821. The summed E-state index contributed by atoms with van der Waals surface area (Å²) >= 11 is 0. The van der Waals surface area contributed by atoms with E-state index in [0.29, 0.717) is 23.8 Å². The molecule has 17 heavy (non-hydrogen) atoms. The van der Waals surface area contributed by atoms with E-state index in [9.17, 15) is 4.39 Å². The van der Waals surface area contributed by atoms with Gasteiger partial charge in [-0.1, -0.05) is 13.0 Å². The van der Waals surface area contributed by atoms with Crippen molar-refractivity contribution >= 4 is 0 Å². The maximum absolute atomic E-state index is 13.6. The fourth-order valence-electron chi connectivity index (χ4n) is 2.06. The maximum atomic E-state index is 13.6. The van der Waals surface area contributed by atoms with Crippen molar-refractivity contribution in [1.82, 2.24) is 5.32 Å². The van der Waals surface area contributed by atoms with E-state index in [4.69, 9.17) is 4.74 Å². The Morgan fingerprint density at radius 2 is 2.24 bits per heavy atom. The van der Waals surface area contributed by atoms with Crippen LogP contribution < -0.4 is 10.1 Å². The summed E-state index contributed by atoms with van der Waals surface area (Å²) in [5.41, 5.74) is 0.703. The molecule has 1 aliphatic carbocycles. The van der Waals surface area contributed by atoms with Crippen LogP contribution in [0.15, 0.2) is 18.2 Å². The summed E-state index contributed by atoms with van der Waals surface area (Å²) in [5, 5.41) is 3.32. The smallest absolute Gasteiger partial charge is 0.131 e. The summed E-state index contributed by atoms with van der Waals surface area (Å²) in [6, 6.07) is 5.01. The Bertz CT molecular complexity index is 376. The molecular formula is C14H20FNO. The summed E-state index contributed by atoms with van der Waals surface area (Å²) in [5.74, 6) is 1.97. The van der Waals surface area contributed by atoms with Crippen molar-refractivity contribution in [2.24, 2.45) is 11.8 Å². The largest absolute Gasteiger partial charge is 0.497 e. The predicted octanol–water partition coefficient (Wildman–Crippen LogP) is 2.97. The van der Waals surface area contributed by atoms with Gasteiger partial charge in [0.1, 0.15) is 11.6 Å². The standard InChI is InChI=1S/C14H20FNO/c1-10(11-3-4-11)8-16-9-12-5-6-13(17-2)7-14(12)15/h5-7,10-11,16H,3-4,8-9H2,1-2H3. The summed E-state index contributed by atoms with van der Waals surface area (Å²) in [4.78, 5) is 0. The number of halogens is 1. The van der Waals surface area contributed by atoms with E-state index >= 15 is 0 Å². The summed E-state index contributed by atoms with van der Waals surface area (Å²) in [6.07, 6.45) is 2.72. The Morgan fingerprint density at radius 1 is 1.47 bits per heavy atom. The Balaban J connectivity index is 1.81. The van der Waals surface area contributed by atoms with Crippen molar-refractivity contribution in [3.8, 4) is 5.75 Å². The maximum Gasteiger partial charge on any atom is 0.131 e. The number of hydrogen-bond acceptors (Lipinski definition) is 2. The monoisotopic (exact) mass is 237 g/mol. The Hall–Kier alpha value is -1.09. The lowest BCUT2D eigenvalue weighted by atomic mass is 10.1. The lowest BCUT2D eigenvalue weighted by molar-refractivity contribution is 0.410. The molecule has 0 spiro atoms. The van der Waals surface area contributed by atoms with Crippen LogP contribution in [0, 0.1) is 17.7 Å². The van der Waals surface area contributed by atoms with Crippen LogP contribution in [0.25, 0.3) is 0 Å². The number of hydrogen-bond donors (Lipinski definition) is 1. The van der Waals surface area contributed by atoms with Crippen molar-refractivity contribution < 1.29 is 9.13 Å². The molecular weight excluding hydrogens is 217 g/mol. The highest BCUT2D eigenvalue weighted by atomic mass is 19.1. The average Bonchev–Trinajstić information content (AvgIpc) is 3.15. The first-order chi connectivity index (χ1) is 8.20. The zero-order valence-corrected chi connectivity index (χ0v) is 10.5. The average molecular weight is 237 g/mol. The van der Waals surface area contributed by atoms with E-state index in [2.05, 4.69) is 12.2 Å². The normalized spacial score (nSPS) is 16.9. The van der Waals surface area contributed by atoms with Crippen LogP contribution >= 0.6 is 0 Å². The molecule has 3 heteroatoms. The van der Waals surface area contributed by atoms with Gasteiger partial charge in [-0.25, -0.2) is 4.39 Å². The van der Waals surface area contributed by atoms with E-state index in [1.54, 1.807) is 19.2 Å². The number of rotatable bonds is 6. The minimum absolute atomic E-state index is 0.198. The molecule has 1 aliphatic rings. The van der Waals surface area contributed by atoms with Crippen molar-refractivity contribution in [1.29, 1.82) is 0 Å². The number of nitrogens with one attached hydrogen (secondary N) is 1. The molecule has 1 atom stereocenters. The lowest BCUT2D eigenvalue weighted by Crippen LogP contribution is -2.22. The predicted molar refractivity (Wildman–Crippen MR) is 66.5 cm³/mol. The Kier molecular flexibility index (Phi) is 4.00. The van der Waals surface area contributed by atoms with Crippen LogP contribution in [0.1, 0.15) is 25.3 Å². The van der Waals surface area contributed by atoms with E-state index in [0.717, 1.165) is 12.5 Å². The van der Waals surface area contributed by atoms with Gasteiger partial charge in [0.2, 0.25) is 0 Å². The second kappa shape index (κ2) is 5.50. The SMILES string of the molecule is COc1ccc(CNCC(C)C2CC2)c(F)c1. The zero-order valence-electron chi connectivity index (χ0n) is 10.5. The van der Waals surface area contributed by atoms with Gasteiger partial charge in [0.15, 0.2) is 0 Å². The van der Waals surface area contributed by atoms with Gasteiger partial charge in [-0.15, -0.1) is 0 Å². The van der Waals surface area contributed by atoms with Crippen molar-refractivity contribution in [3.63, 3.8) is 0 Å². The van der Waals surface area contributed by atoms with E-state index in [1.807, 2.05) is 0 Å². The van der Waals surface area contributed by atoms with Gasteiger partial charge in [-0.3, -0.25) is 0 Å². The van der Waals surface area contributed by atoms with Crippen LogP contribution in [0.3, 0.4) is 0 Å². The number of ether oxygens (including phenoxy) is 1. The minimum atomic E-state index is -0.198. The highest BCUT2D eigenvalue weighted by Crippen LogP contribution is 2.36. The molecule has 0 saturated heterocycles. The van der Waals surface area contributed by atoms with Crippen molar-refractivity contribution in [2.45, 2.75) is 26.3 Å². The summed E-state index contributed by atoms with van der Waals surface area (Å²) in [7, 11) is 1.55. The van der Waals surface area contributed by atoms with E-state index in [-0.39, 0.29) is 5.82 Å². The molecule has 0 bridgehead atoms. The molecule has 1 N–H and O–H groups in total. The highest BCUT2D eigenvalue weighted by Gasteiger charge is 2.27. The summed E-state index contributed by atoms with van der Waals surface area (Å²) < 4.78 is 18.6. The Morgan fingerprint density at radius 3 is 2.82 bits per heavy atom. The molecule has 1 aromatic rings. The van der Waals surface area contributed by atoms with Gasteiger partial charge in [-0.2, -0.15) is 0 Å². The highest BCUT2D eigenvalue weighted by molar-refractivity contribution is 5.28. The zero-order chi connectivity index (χ0) is 12.3. The van der Waals surface area contributed by atoms with Gasteiger partial charge < -0.3 is 10.1 Å². The van der Waals surface area contributed by atoms with E-state index in [1.165, 1.54) is 18.9 Å². The van der Waals surface area contributed by atoms with Gasteiger partial charge in [0.05, 0.1) is 7.11 Å². The molecule has 0 radical (unpaired) electrons. The molecule has 1 fully saturated rings.